The summed E-state index contributed by atoms with van der Waals surface area (Å²) < 4.78 is 46.1. The molecule has 0 bridgehead atoms. The lowest BCUT2D eigenvalue weighted by molar-refractivity contribution is 0.0948. The summed E-state index contributed by atoms with van der Waals surface area (Å²) in [5.41, 5.74) is -0.162. The van der Waals surface area contributed by atoms with E-state index < -0.39 is 31.4 Å². The molecule has 21 heavy (non-hydrogen) atoms. The fraction of sp³-hybridized carbons (Fsp3) is 0.417. The van der Waals surface area contributed by atoms with Crippen LogP contribution in [0.3, 0.4) is 0 Å². The predicted molar refractivity (Wildman–Crippen MR) is 74.8 cm³/mol. The minimum atomic E-state index is -4.25. The summed E-state index contributed by atoms with van der Waals surface area (Å²) in [5.74, 6) is -2.13. The normalized spacial score (nSPS) is 11.2. The third-order valence-electron chi connectivity index (χ3n) is 2.55. The highest BCUT2D eigenvalue weighted by Gasteiger charge is 2.23. The van der Waals surface area contributed by atoms with Crippen molar-refractivity contribution in [3.05, 3.63) is 23.5 Å². The Morgan fingerprint density at radius 1 is 1.38 bits per heavy atom. The van der Waals surface area contributed by atoms with Crippen LogP contribution < -0.4 is 10.1 Å². The second kappa shape index (κ2) is 7.58. The van der Waals surface area contributed by atoms with Gasteiger partial charge in [0.15, 0.2) is 11.6 Å². The number of carbonyl (C=O) groups excluding carboxylic acids is 1. The number of carbonyl (C=O) groups is 1. The molecule has 1 rings (SSSR count). The fourth-order valence-corrected chi connectivity index (χ4v) is 2.61. The Hall–Kier alpha value is -1.38. The minimum Gasteiger partial charge on any atom is -0.492 e. The Morgan fingerprint density at radius 3 is 2.57 bits per heavy atom. The van der Waals surface area contributed by atoms with Gasteiger partial charge in [0, 0.05) is 36.5 Å². The number of hydrogen-bond donors (Lipinski definition) is 1. The Morgan fingerprint density at radius 2 is 2.05 bits per heavy atom. The minimum absolute atomic E-state index is 0.162. The predicted octanol–water partition coefficient (Wildman–Crippen LogP) is 1.53. The summed E-state index contributed by atoms with van der Waals surface area (Å²) >= 11 is 0. The molecule has 1 amide bonds. The van der Waals surface area contributed by atoms with Gasteiger partial charge >= 0.3 is 0 Å². The van der Waals surface area contributed by atoms with Gasteiger partial charge in [0.25, 0.3) is 15.0 Å². The molecule has 0 aromatic heterocycles. The van der Waals surface area contributed by atoms with E-state index in [1.807, 2.05) is 0 Å². The smallest absolute Gasteiger partial charge is 0.265 e. The molecule has 9 heteroatoms. The summed E-state index contributed by atoms with van der Waals surface area (Å²) in [6, 6.07) is 1.85. The third-order valence-corrected chi connectivity index (χ3v) is 3.88. The van der Waals surface area contributed by atoms with Crippen LogP contribution in [0.2, 0.25) is 0 Å². The van der Waals surface area contributed by atoms with Crippen molar-refractivity contribution in [2.24, 2.45) is 0 Å². The molecular formula is C12H15ClFNO5S. The highest BCUT2D eigenvalue weighted by molar-refractivity contribution is 8.13. The van der Waals surface area contributed by atoms with Crippen molar-refractivity contribution in [1.82, 2.24) is 5.32 Å². The number of hydrogen-bond acceptors (Lipinski definition) is 5. The van der Waals surface area contributed by atoms with E-state index in [1.165, 1.54) is 7.11 Å². The fourth-order valence-electron chi connectivity index (χ4n) is 1.60. The Labute approximate surface area is 126 Å². The van der Waals surface area contributed by atoms with E-state index in [-0.39, 0.29) is 5.56 Å². The summed E-state index contributed by atoms with van der Waals surface area (Å²) in [7, 11) is 3.60. The van der Waals surface area contributed by atoms with Crippen LogP contribution in [0.5, 0.6) is 5.75 Å². The SMILES string of the molecule is COCCCNC(=O)c1cc(F)c(OC)c(S(=O)(=O)Cl)c1. The van der Waals surface area contributed by atoms with Crippen molar-refractivity contribution >= 4 is 25.6 Å². The molecule has 0 aliphatic rings. The molecule has 0 saturated heterocycles. The number of rotatable bonds is 7. The molecule has 0 spiro atoms. The zero-order valence-corrected chi connectivity index (χ0v) is 13.1. The zero-order chi connectivity index (χ0) is 16.0. The van der Waals surface area contributed by atoms with Gasteiger partial charge in [0.05, 0.1) is 7.11 Å². The van der Waals surface area contributed by atoms with Crippen molar-refractivity contribution in [2.75, 3.05) is 27.4 Å². The number of ether oxygens (including phenoxy) is 2. The summed E-state index contributed by atoms with van der Waals surface area (Å²) in [4.78, 5) is 11.3. The number of nitrogens with one attached hydrogen (secondary N) is 1. The highest BCUT2D eigenvalue weighted by atomic mass is 35.7. The molecule has 118 valence electrons. The Bertz CT molecular complexity index is 620. The topological polar surface area (TPSA) is 81.7 Å². The van der Waals surface area contributed by atoms with Crippen LogP contribution in [0.25, 0.3) is 0 Å². The maximum atomic E-state index is 13.8. The van der Waals surface area contributed by atoms with E-state index in [2.05, 4.69) is 10.1 Å². The van der Waals surface area contributed by atoms with Crippen LogP contribution in [-0.2, 0) is 13.8 Å². The molecule has 0 radical (unpaired) electrons. The van der Waals surface area contributed by atoms with Crippen LogP contribution in [0, 0.1) is 5.82 Å². The molecule has 0 aliphatic heterocycles. The van der Waals surface area contributed by atoms with E-state index in [9.17, 15) is 17.6 Å². The van der Waals surface area contributed by atoms with E-state index >= 15 is 0 Å². The first kappa shape index (κ1) is 17.7. The maximum absolute atomic E-state index is 13.8. The zero-order valence-electron chi connectivity index (χ0n) is 11.5. The first-order valence-corrected chi connectivity index (χ1v) is 8.21. The lowest BCUT2D eigenvalue weighted by Gasteiger charge is -2.10. The van der Waals surface area contributed by atoms with Crippen molar-refractivity contribution in [3.63, 3.8) is 0 Å². The van der Waals surface area contributed by atoms with Gasteiger partial charge in [-0.2, -0.15) is 0 Å². The van der Waals surface area contributed by atoms with Crippen molar-refractivity contribution in [2.45, 2.75) is 11.3 Å². The van der Waals surface area contributed by atoms with E-state index in [0.717, 1.165) is 19.2 Å². The van der Waals surface area contributed by atoms with Crippen LogP contribution in [0.15, 0.2) is 17.0 Å². The van der Waals surface area contributed by atoms with Gasteiger partial charge in [-0.1, -0.05) is 0 Å². The van der Waals surface area contributed by atoms with E-state index in [1.54, 1.807) is 0 Å². The quantitative estimate of drug-likeness (QED) is 0.602. The van der Waals surface area contributed by atoms with Crippen LogP contribution in [-0.4, -0.2) is 41.7 Å². The lowest BCUT2D eigenvalue weighted by Crippen LogP contribution is -2.25. The standard InChI is InChI=1S/C12H15ClFNO5S/c1-19-5-3-4-15-12(16)8-6-9(14)11(20-2)10(7-8)21(13,17)18/h6-7H,3-5H2,1-2H3,(H,15,16). The number of amides is 1. The molecule has 0 unspecified atom stereocenters. The van der Waals surface area contributed by atoms with Gasteiger partial charge in [0.2, 0.25) is 0 Å². The molecule has 0 atom stereocenters. The van der Waals surface area contributed by atoms with Gasteiger partial charge in [0.1, 0.15) is 4.90 Å². The molecule has 0 heterocycles. The number of halogens is 2. The molecule has 1 N–H and O–H groups in total. The Kier molecular flexibility index (Phi) is 6.38. The van der Waals surface area contributed by atoms with E-state index in [0.29, 0.717) is 19.6 Å². The first-order valence-electron chi connectivity index (χ1n) is 5.90. The van der Waals surface area contributed by atoms with Crippen LogP contribution in [0.1, 0.15) is 16.8 Å². The van der Waals surface area contributed by atoms with E-state index in [4.69, 9.17) is 15.4 Å². The van der Waals surface area contributed by atoms with Gasteiger partial charge in [-0.3, -0.25) is 4.79 Å². The summed E-state index contributed by atoms with van der Waals surface area (Å²) in [6.45, 7) is 0.766. The van der Waals surface area contributed by atoms with Crippen LogP contribution in [0.4, 0.5) is 4.39 Å². The number of benzene rings is 1. The molecule has 0 saturated carbocycles. The monoisotopic (exact) mass is 339 g/mol. The van der Waals surface area contributed by atoms with Gasteiger partial charge < -0.3 is 14.8 Å². The molecule has 6 nitrogen and oxygen atoms in total. The van der Waals surface area contributed by atoms with Crippen LogP contribution >= 0.6 is 10.7 Å². The highest BCUT2D eigenvalue weighted by Crippen LogP contribution is 2.30. The van der Waals surface area contributed by atoms with Gasteiger partial charge in [-0.05, 0) is 18.6 Å². The van der Waals surface area contributed by atoms with Crippen molar-refractivity contribution in [1.29, 1.82) is 0 Å². The Balaban J connectivity index is 3.04. The van der Waals surface area contributed by atoms with Crippen molar-refractivity contribution in [3.8, 4) is 5.75 Å². The van der Waals surface area contributed by atoms with Crippen molar-refractivity contribution < 1.29 is 27.1 Å². The molecule has 1 aromatic carbocycles. The molecule has 1 aromatic rings. The lowest BCUT2D eigenvalue weighted by atomic mass is 10.2. The first-order chi connectivity index (χ1) is 9.81. The average Bonchev–Trinajstić information content (AvgIpc) is 2.41. The summed E-state index contributed by atoms with van der Waals surface area (Å²) in [5, 5.41) is 2.51. The summed E-state index contributed by atoms with van der Waals surface area (Å²) in [6.07, 6.45) is 0.571. The molecule has 0 aliphatic carbocycles. The number of methoxy groups -OCH3 is 2. The third kappa shape index (κ3) is 4.83. The molecule has 0 fully saturated rings. The second-order valence-corrected chi connectivity index (χ2v) is 6.56. The largest absolute Gasteiger partial charge is 0.492 e. The molecular weight excluding hydrogens is 325 g/mol. The second-order valence-electron chi connectivity index (χ2n) is 4.03. The average molecular weight is 340 g/mol. The van der Waals surface area contributed by atoms with Gasteiger partial charge in [-0.15, -0.1) is 0 Å². The van der Waals surface area contributed by atoms with Gasteiger partial charge in [-0.25, -0.2) is 12.8 Å². The maximum Gasteiger partial charge on any atom is 0.265 e.